The van der Waals surface area contributed by atoms with Gasteiger partial charge in [-0.25, -0.2) is 4.98 Å². The van der Waals surface area contributed by atoms with Gasteiger partial charge in [-0.15, -0.1) is 11.3 Å². The van der Waals surface area contributed by atoms with E-state index < -0.39 is 0 Å². The van der Waals surface area contributed by atoms with Crippen LogP contribution in [0.4, 0.5) is 10.7 Å². The molecule has 9 heteroatoms. The molecule has 31 heavy (non-hydrogen) atoms. The number of thiophene rings is 1. The molecule has 0 radical (unpaired) electrons. The number of ether oxygens (including phenoxy) is 1. The van der Waals surface area contributed by atoms with Gasteiger partial charge in [0.1, 0.15) is 5.75 Å². The Labute approximate surface area is 186 Å². The van der Waals surface area contributed by atoms with Crippen LogP contribution in [0.1, 0.15) is 25.8 Å². The van der Waals surface area contributed by atoms with Gasteiger partial charge in [-0.2, -0.15) is 0 Å². The first-order valence-electron chi connectivity index (χ1n) is 9.14. The van der Waals surface area contributed by atoms with Crippen LogP contribution in [0.25, 0.3) is 0 Å². The third-order valence-electron chi connectivity index (χ3n) is 4.14. The number of hydrogen-bond donors (Lipinski definition) is 2. The van der Waals surface area contributed by atoms with E-state index in [1.165, 1.54) is 23.8 Å². The van der Waals surface area contributed by atoms with Crippen molar-refractivity contribution in [2.75, 3.05) is 10.6 Å². The number of carbonyl (C=O) groups is 2. The van der Waals surface area contributed by atoms with E-state index in [1.54, 1.807) is 61.5 Å². The number of halogens is 1. The van der Waals surface area contributed by atoms with Crippen LogP contribution in [0.3, 0.4) is 0 Å². The number of benzene rings is 1. The van der Waals surface area contributed by atoms with E-state index in [-0.39, 0.29) is 17.6 Å². The Hall–Kier alpha value is -3.62. The molecule has 0 saturated carbocycles. The Morgan fingerprint density at radius 1 is 1.06 bits per heavy atom. The lowest BCUT2D eigenvalue weighted by atomic mass is 10.2. The summed E-state index contributed by atoms with van der Waals surface area (Å²) in [7, 11) is 0. The number of anilines is 2. The standard InChI is InChI=1S/C22H16ClN3O4S/c1-13-11-19(26-21(27)17-3-2-10-29-17)31-20(13)22(28)25-15-6-9-18(24-12-15)30-16-7-4-14(23)5-8-16/h2-12H,1H3,(H,25,28)(H,26,27). The summed E-state index contributed by atoms with van der Waals surface area (Å²) in [5.74, 6) is 0.513. The molecule has 0 aliphatic carbocycles. The minimum Gasteiger partial charge on any atom is -0.459 e. The van der Waals surface area contributed by atoms with Crippen LogP contribution in [0, 0.1) is 6.92 Å². The van der Waals surface area contributed by atoms with E-state index in [1.807, 2.05) is 0 Å². The highest BCUT2D eigenvalue weighted by molar-refractivity contribution is 7.18. The summed E-state index contributed by atoms with van der Waals surface area (Å²) in [6.07, 6.45) is 2.93. The van der Waals surface area contributed by atoms with Crippen LogP contribution in [-0.2, 0) is 0 Å². The molecule has 7 nitrogen and oxygen atoms in total. The van der Waals surface area contributed by atoms with Gasteiger partial charge in [0.15, 0.2) is 5.76 Å². The minimum atomic E-state index is -0.376. The zero-order chi connectivity index (χ0) is 21.8. The van der Waals surface area contributed by atoms with E-state index in [2.05, 4.69) is 15.6 Å². The first-order chi connectivity index (χ1) is 15.0. The normalized spacial score (nSPS) is 10.5. The maximum Gasteiger partial charge on any atom is 0.291 e. The van der Waals surface area contributed by atoms with Gasteiger partial charge >= 0.3 is 0 Å². The monoisotopic (exact) mass is 453 g/mol. The highest BCUT2D eigenvalue weighted by atomic mass is 35.5. The van der Waals surface area contributed by atoms with Crippen LogP contribution < -0.4 is 15.4 Å². The summed E-state index contributed by atoms with van der Waals surface area (Å²) in [5.41, 5.74) is 1.26. The maximum atomic E-state index is 12.7. The molecule has 156 valence electrons. The topological polar surface area (TPSA) is 93.5 Å². The van der Waals surface area contributed by atoms with Gasteiger partial charge in [0.05, 0.1) is 28.0 Å². The van der Waals surface area contributed by atoms with E-state index in [0.717, 1.165) is 5.56 Å². The second kappa shape index (κ2) is 9.03. The van der Waals surface area contributed by atoms with E-state index in [9.17, 15) is 9.59 Å². The first-order valence-corrected chi connectivity index (χ1v) is 10.3. The molecule has 3 heterocycles. The van der Waals surface area contributed by atoms with E-state index >= 15 is 0 Å². The molecule has 0 unspecified atom stereocenters. The Kier molecular flexibility index (Phi) is 6.01. The summed E-state index contributed by atoms with van der Waals surface area (Å²) in [6, 6.07) is 15.2. The summed E-state index contributed by atoms with van der Waals surface area (Å²) in [6.45, 7) is 1.80. The summed E-state index contributed by atoms with van der Waals surface area (Å²) < 4.78 is 10.7. The lowest BCUT2D eigenvalue weighted by molar-refractivity contribution is 0.0995. The van der Waals surface area contributed by atoms with Crippen LogP contribution in [0.2, 0.25) is 5.02 Å². The predicted molar refractivity (Wildman–Crippen MR) is 119 cm³/mol. The minimum absolute atomic E-state index is 0.198. The van der Waals surface area contributed by atoms with Crippen molar-refractivity contribution >= 4 is 45.4 Å². The highest BCUT2D eigenvalue weighted by Gasteiger charge is 2.17. The van der Waals surface area contributed by atoms with Gasteiger partial charge in [-0.3, -0.25) is 9.59 Å². The zero-order valence-electron chi connectivity index (χ0n) is 16.2. The third kappa shape index (κ3) is 5.11. The fourth-order valence-corrected chi connectivity index (χ4v) is 3.77. The van der Waals surface area contributed by atoms with Crippen molar-refractivity contribution in [3.8, 4) is 11.6 Å². The molecule has 1 aromatic carbocycles. The summed E-state index contributed by atoms with van der Waals surface area (Å²) in [4.78, 5) is 29.5. The largest absolute Gasteiger partial charge is 0.459 e. The number of aromatic nitrogens is 1. The van der Waals surface area contributed by atoms with Crippen LogP contribution in [0.5, 0.6) is 11.6 Å². The molecule has 0 atom stereocenters. The fourth-order valence-electron chi connectivity index (χ4n) is 2.68. The number of furan rings is 1. The molecule has 0 aliphatic heterocycles. The molecule has 4 aromatic rings. The van der Waals surface area contributed by atoms with E-state index in [0.29, 0.717) is 32.2 Å². The fraction of sp³-hybridized carbons (Fsp3) is 0.0455. The number of pyridine rings is 1. The molecular weight excluding hydrogens is 438 g/mol. The summed E-state index contributed by atoms with van der Waals surface area (Å²) >= 11 is 7.04. The smallest absolute Gasteiger partial charge is 0.291 e. The molecule has 0 fully saturated rings. The van der Waals surface area contributed by atoms with Crippen molar-refractivity contribution in [2.24, 2.45) is 0 Å². The van der Waals surface area contributed by atoms with Crippen molar-refractivity contribution < 1.29 is 18.7 Å². The SMILES string of the molecule is Cc1cc(NC(=O)c2ccco2)sc1C(=O)Nc1ccc(Oc2ccc(Cl)cc2)nc1. The molecule has 0 aliphatic rings. The summed E-state index contributed by atoms with van der Waals surface area (Å²) in [5, 5.41) is 6.69. The molecule has 4 rings (SSSR count). The second-order valence-electron chi connectivity index (χ2n) is 6.45. The molecule has 0 spiro atoms. The number of amides is 2. The zero-order valence-corrected chi connectivity index (χ0v) is 17.8. The molecule has 0 saturated heterocycles. The van der Waals surface area contributed by atoms with Crippen molar-refractivity contribution in [1.82, 2.24) is 4.98 Å². The number of nitrogens with zero attached hydrogens (tertiary/aromatic N) is 1. The van der Waals surface area contributed by atoms with Crippen LogP contribution in [-0.4, -0.2) is 16.8 Å². The van der Waals surface area contributed by atoms with Crippen molar-refractivity contribution in [1.29, 1.82) is 0 Å². The highest BCUT2D eigenvalue weighted by Crippen LogP contribution is 2.28. The van der Waals surface area contributed by atoms with Crippen molar-refractivity contribution in [2.45, 2.75) is 6.92 Å². The van der Waals surface area contributed by atoms with Gasteiger partial charge in [0.25, 0.3) is 11.8 Å². The first kappa shape index (κ1) is 20.6. The second-order valence-corrected chi connectivity index (χ2v) is 7.94. The van der Waals surface area contributed by atoms with Gasteiger partial charge in [-0.1, -0.05) is 11.6 Å². The maximum absolute atomic E-state index is 12.7. The molecular formula is C22H16ClN3O4S. The van der Waals surface area contributed by atoms with Gasteiger partial charge < -0.3 is 19.8 Å². The number of aryl methyl sites for hydroxylation is 1. The van der Waals surface area contributed by atoms with Gasteiger partial charge in [-0.05, 0) is 61.0 Å². The quantitative estimate of drug-likeness (QED) is 0.373. The van der Waals surface area contributed by atoms with Crippen molar-refractivity contribution in [3.05, 3.63) is 88.3 Å². The third-order valence-corrected chi connectivity index (χ3v) is 5.54. The van der Waals surface area contributed by atoms with Crippen molar-refractivity contribution in [3.63, 3.8) is 0 Å². The Morgan fingerprint density at radius 2 is 1.87 bits per heavy atom. The predicted octanol–water partition coefficient (Wildman–Crippen LogP) is 5.99. The average molecular weight is 454 g/mol. The average Bonchev–Trinajstić information content (AvgIpc) is 3.41. The lowest BCUT2D eigenvalue weighted by Crippen LogP contribution is -2.11. The Bertz CT molecular complexity index is 1200. The molecule has 3 aromatic heterocycles. The molecule has 2 N–H and O–H groups in total. The molecule has 0 bridgehead atoms. The van der Waals surface area contributed by atoms with Gasteiger partial charge in [0.2, 0.25) is 5.88 Å². The van der Waals surface area contributed by atoms with Gasteiger partial charge in [0, 0.05) is 11.1 Å². The number of rotatable bonds is 6. The number of carbonyl (C=O) groups excluding carboxylic acids is 2. The lowest BCUT2D eigenvalue weighted by Gasteiger charge is -2.07. The number of nitrogens with one attached hydrogen (secondary N) is 2. The number of hydrogen-bond acceptors (Lipinski definition) is 6. The Balaban J connectivity index is 1.39. The molecule has 2 amide bonds. The van der Waals surface area contributed by atoms with Crippen LogP contribution >= 0.6 is 22.9 Å². The van der Waals surface area contributed by atoms with E-state index in [4.69, 9.17) is 20.8 Å². The Morgan fingerprint density at radius 3 is 2.55 bits per heavy atom. The van der Waals surface area contributed by atoms with Crippen LogP contribution in [0.15, 0.2) is 71.5 Å².